The number of aryl methyl sites for hydroxylation is 4. The number of aromatic hydroxyl groups is 4. The first-order valence-corrected chi connectivity index (χ1v) is 25.1. The molecule has 4 atom stereocenters. The number of nitrogens with zero attached hydrogens (tertiary/aromatic N) is 4. The molecule has 16 nitrogen and oxygen atoms in total. The Hall–Kier alpha value is -8.92. The Bertz CT molecular complexity index is 3130. The van der Waals surface area contributed by atoms with Crippen LogP contribution >= 0.6 is 0 Å². The summed E-state index contributed by atoms with van der Waals surface area (Å²) < 4.78 is 0. The topological polar surface area (TPSA) is 230 Å². The molecule has 0 heterocycles. The van der Waals surface area contributed by atoms with Gasteiger partial charge in [-0.1, -0.05) is 76.9 Å². The maximum atomic E-state index is 15.2. The van der Waals surface area contributed by atoms with Gasteiger partial charge < -0.3 is 40.0 Å². The van der Waals surface area contributed by atoms with Crippen molar-refractivity contribution >= 4 is 69.5 Å². The predicted octanol–water partition coefficient (Wildman–Crippen LogP) is 9.16. The first-order chi connectivity index (χ1) is 36.6. The highest BCUT2D eigenvalue weighted by Crippen LogP contribution is 2.50. The van der Waals surface area contributed by atoms with Crippen molar-refractivity contribution in [1.29, 1.82) is 0 Å². The number of ketones is 4. The van der Waals surface area contributed by atoms with E-state index in [-0.39, 0.29) is 11.5 Å². The average molecular weight is 1060 g/mol. The number of phenols is 4. The summed E-state index contributed by atoms with van der Waals surface area (Å²) in [6.45, 7) is 13.3. The molecule has 0 radical (unpaired) electrons. The van der Waals surface area contributed by atoms with E-state index in [1.807, 2.05) is 27.7 Å². The summed E-state index contributed by atoms with van der Waals surface area (Å²) in [6.07, 6.45) is -0.788. The molecule has 0 fully saturated rings. The van der Waals surface area contributed by atoms with E-state index in [2.05, 4.69) is 0 Å². The number of hydrogen-bond donors (Lipinski definition) is 4. The van der Waals surface area contributed by atoms with Gasteiger partial charge in [-0.05, 0) is 135 Å². The molecule has 4 N–H and O–H groups in total. The van der Waals surface area contributed by atoms with Crippen LogP contribution < -0.4 is 19.6 Å². The summed E-state index contributed by atoms with van der Waals surface area (Å²) in [5.74, 6) is -16.8. The van der Waals surface area contributed by atoms with Crippen LogP contribution in [0.4, 0.5) is 22.7 Å². The van der Waals surface area contributed by atoms with Gasteiger partial charge >= 0.3 is 0 Å². The molecule has 4 unspecified atom stereocenters. The third-order valence-corrected chi connectivity index (χ3v) is 14.0. The van der Waals surface area contributed by atoms with Crippen molar-refractivity contribution in [3.05, 3.63) is 165 Å². The van der Waals surface area contributed by atoms with Crippen LogP contribution in [0.2, 0.25) is 0 Å². The monoisotopic (exact) mass is 1060 g/mol. The van der Waals surface area contributed by atoms with Crippen LogP contribution in [0.5, 0.6) is 23.0 Å². The van der Waals surface area contributed by atoms with Crippen molar-refractivity contribution in [2.75, 3.05) is 47.8 Å². The van der Waals surface area contributed by atoms with E-state index in [1.165, 1.54) is 45.2 Å². The highest BCUT2D eigenvalue weighted by atomic mass is 16.3. The third-order valence-electron chi connectivity index (χ3n) is 14.0. The average Bonchev–Trinajstić information content (AvgIpc) is 3.56. The number of hydrogen-bond acceptors (Lipinski definition) is 12. The van der Waals surface area contributed by atoms with Crippen LogP contribution in [-0.2, 0) is 44.8 Å². The maximum Gasteiger partial charge on any atom is 0.241 e. The second kappa shape index (κ2) is 25.3. The number of carbonyl (C=O) groups excluding carboxylic acids is 8. The van der Waals surface area contributed by atoms with E-state index in [4.69, 9.17) is 10.2 Å². The molecule has 0 spiro atoms. The smallest absolute Gasteiger partial charge is 0.241 e. The van der Waals surface area contributed by atoms with Crippen molar-refractivity contribution in [1.82, 2.24) is 0 Å². The minimum atomic E-state index is -2.09. The number of benzene rings is 6. The van der Waals surface area contributed by atoms with E-state index >= 15 is 14.4 Å². The standard InChI is InChI=1S/C55H60N4O10.C7H8O2/c1-30-13-21-38(22-14-30)56(9)52(66)42(34(5)60)29-43-50(64)48(45(36(7)62)54(68)58(11)40-25-17-32(3)18-26-40)47(44(35(6)61)53(67)57(10)39-23-15-31(2)16-24-39)49(51(43)65)46(37(8)63)55(69)59(12)41-27-19-33(4)20-28-41;1-5-6(8)3-2-4-7(5)9/h13-28,42,44-46,64-65H,29H2,1-12H3;2-4,8-9H,1H3. The lowest BCUT2D eigenvalue weighted by Gasteiger charge is -2.34. The lowest BCUT2D eigenvalue weighted by Crippen LogP contribution is -2.41. The van der Waals surface area contributed by atoms with Gasteiger partial charge in [0, 0.05) is 73.2 Å². The van der Waals surface area contributed by atoms with Gasteiger partial charge in [-0.3, -0.25) is 38.4 Å². The number of Topliss-reactive ketones (excluding diaryl/α,β-unsaturated/α-hetero) is 4. The zero-order valence-electron chi connectivity index (χ0n) is 46.3. The van der Waals surface area contributed by atoms with Crippen LogP contribution in [0.3, 0.4) is 0 Å². The molecule has 0 aliphatic carbocycles. The first-order valence-electron chi connectivity index (χ1n) is 25.1. The molecule has 6 aromatic rings. The Balaban J connectivity index is 0.00000113. The van der Waals surface area contributed by atoms with Crippen LogP contribution in [0.25, 0.3) is 0 Å². The fourth-order valence-corrected chi connectivity index (χ4v) is 9.05. The van der Waals surface area contributed by atoms with Crippen molar-refractivity contribution in [2.24, 2.45) is 5.92 Å². The Labute approximate surface area is 455 Å². The van der Waals surface area contributed by atoms with E-state index in [9.17, 15) is 34.2 Å². The molecule has 0 aliphatic heterocycles. The number of carbonyl (C=O) groups is 8. The molecule has 0 aromatic heterocycles. The molecule has 4 amide bonds. The first kappa shape index (κ1) is 60.0. The normalized spacial score (nSPS) is 12.4. The fourth-order valence-electron chi connectivity index (χ4n) is 9.05. The van der Waals surface area contributed by atoms with Gasteiger partial charge in [0.05, 0.1) is 0 Å². The summed E-state index contributed by atoms with van der Waals surface area (Å²) in [5.41, 5.74) is 2.77. The number of anilines is 4. The minimum absolute atomic E-state index is 0.134. The van der Waals surface area contributed by atoms with E-state index < -0.39 is 111 Å². The van der Waals surface area contributed by atoms with Gasteiger partial charge in [0.2, 0.25) is 23.6 Å². The molecular weight excluding hydrogens is 993 g/mol. The number of likely N-dealkylation sites (N-methyl/N-ethyl adjacent to an activating group) is 3. The summed E-state index contributed by atoms with van der Waals surface area (Å²) in [7, 11) is 5.57. The van der Waals surface area contributed by atoms with Crippen LogP contribution in [0, 0.1) is 40.5 Å². The van der Waals surface area contributed by atoms with Gasteiger partial charge in [-0.2, -0.15) is 0 Å². The molecule has 0 saturated carbocycles. The lowest BCUT2D eigenvalue weighted by molar-refractivity contribution is -0.132. The zero-order valence-corrected chi connectivity index (χ0v) is 46.3. The van der Waals surface area contributed by atoms with E-state index in [0.29, 0.717) is 28.3 Å². The quantitative estimate of drug-likeness (QED) is 0.0627. The molecule has 0 bridgehead atoms. The summed E-state index contributed by atoms with van der Waals surface area (Å²) in [6, 6.07) is 31.6. The van der Waals surface area contributed by atoms with Crippen molar-refractivity contribution in [3.63, 3.8) is 0 Å². The minimum Gasteiger partial charge on any atom is -0.508 e. The van der Waals surface area contributed by atoms with Crippen LogP contribution in [0.15, 0.2) is 115 Å². The Kier molecular flexibility index (Phi) is 19.4. The van der Waals surface area contributed by atoms with Gasteiger partial charge in [0.15, 0.2) is 0 Å². The Morgan fingerprint density at radius 1 is 0.372 bits per heavy atom. The zero-order chi connectivity index (χ0) is 58.2. The Morgan fingerprint density at radius 2 is 0.628 bits per heavy atom. The van der Waals surface area contributed by atoms with E-state index in [1.54, 1.807) is 110 Å². The molecule has 6 aromatic carbocycles. The SMILES string of the molecule is CC(=O)C(Cc1c(O)c(C(C(C)=O)C(=O)N(C)c2ccc(C)cc2)c(C(C(C)=O)C(=O)N(C)c2ccc(C)cc2)c(C(C(C)=O)C(=O)N(C)c2ccc(C)cc2)c1O)C(=O)N(C)c1ccc(C)cc1.Cc1c(O)cccc1O. The van der Waals surface area contributed by atoms with Gasteiger partial charge in [-0.15, -0.1) is 0 Å². The number of amides is 4. The molecule has 408 valence electrons. The van der Waals surface area contributed by atoms with Gasteiger partial charge in [0.1, 0.15) is 69.8 Å². The molecule has 0 saturated heterocycles. The molecular formula is C62H68N4O12. The summed E-state index contributed by atoms with van der Waals surface area (Å²) in [5, 5.41) is 43.6. The molecule has 0 aliphatic rings. The highest BCUT2D eigenvalue weighted by molar-refractivity contribution is 6.18. The second-order valence-corrected chi connectivity index (χ2v) is 19.8. The number of rotatable bonds is 17. The third kappa shape index (κ3) is 13.2. The summed E-state index contributed by atoms with van der Waals surface area (Å²) in [4.78, 5) is 121. The van der Waals surface area contributed by atoms with E-state index in [0.717, 1.165) is 64.6 Å². The van der Waals surface area contributed by atoms with Gasteiger partial charge in [-0.25, -0.2) is 0 Å². The summed E-state index contributed by atoms with van der Waals surface area (Å²) >= 11 is 0. The number of phenolic OH excluding ortho intramolecular Hbond substituents is 4. The lowest BCUT2D eigenvalue weighted by atomic mass is 9.73. The fraction of sp³-hybridized carbons (Fsp3) is 0.290. The largest absolute Gasteiger partial charge is 0.508 e. The Morgan fingerprint density at radius 3 is 0.872 bits per heavy atom. The maximum absolute atomic E-state index is 15.2. The van der Waals surface area contributed by atoms with Gasteiger partial charge in [0.25, 0.3) is 0 Å². The molecule has 16 heteroatoms. The highest BCUT2D eigenvalue weighted by Gasteiger charge is 2.47. The predicted molar refractivity (Wildman–Crippen MR) is 301 cm³/mol. The molecule has 6 rings (SSSR count). The second-order valence-electron chi connectivity index (χ2n) is 19.8. The van der Waals surface area contributed by atoms with Crippen molar-refractivity contribution in [2.45, 2.75) is 86.5 Å². The van der Waals surface area contributed by atoms with Crippen molar-refractivity contribution in [3.8, 4) is 23.0 Å². The van der Waals surface area contributed by atoms with Crippen LogP contribution in [0.1, 0.15) is 95.5 Å². The molecule has 78 heavy (non-hydrogen) atoms. The van der Waals surface area contributed by atoms with Crippen LogP contribution in [-0.4, -0.2) is 95.4 Å². The van der Waals surface area contributed by atoms with Crippen molar-refractivity contribution < 1.29 is 58.8 Å².